The van der Waals surface area contributed by atoms with Gasteiger partial charge in [-0.15, -0.1) is 0 Å². The van der Waals surface area contributed by atoms with Crippen molar-refractivity contribution in [3.63, 3.8) is 0 Å². The van der Waals surface area contributed by atoms with Gasteiger partial charge in [-0.3, -0.25) is 4.79 Å². The van der Waals surface area contributed by atoms with E-state index >= 15 is 0 Å². The summed E-state index contributed by atoms with van der Waals surface area (Å²) in [6.07, 6.45) is 1.92. The fraction of sp³-hybridized carbons (Fsp3) is 0.0455. The van der Waals surface area contributed by atoms with E-state index in [2.05, 4.69) is 5.32 Å². The smallest absolute Gasteiger partial charge is 0.256 e. The summed E-state index contributed by atoms with van der Waals surface area (Å²) in [5, 5.41) is 3.02. The van der Waals surface area contributed by atoms with Gasteiger partial charge in [-0.25, -0.2) is 0 Å². The number of benzene rings is 3. The third kappa shape index (κ3) is 3.79. The average molecular weight is 313 g/mol. The monoisotopic (exact) mass is 313 g/mol. The second-order valence-electron chi connectivity index (χ2n) is 5.60. The van der Waals surface area contributed by atoms with Crippen molar-refractivity contribution in [2.45, 2.75) is 6.92 Å². The van der Waals surface area contributed by atoms with Crippen LogP contribution in [0.5, 0.6) is 0 Å². The normalized spacial score (nSPS) is 11.1. The summed E-state index contributed by atoms with van der Waals surface area (Å²) in [5.74, 6) is -0.112. The highest BCUT2D eigenvalue weighted by atomic mass is 16.1. The molecule has 3 rings (SSSR count). The van der Waals surface area contributed by atoms with Crippen LogP contribution in [0.1, 0.15) is 16.7 Å². The Morgan fingerprint density at radius 1 is 0.792 bits per heavy atom. The minimum Gasteiger partial charge on any atom is -0.322 e. The number of hydrogen-bond donors (Lipinski definition) is 1. The Labute approximate surface area is 142 Å². The molecule has 118 valence electrons. The average Bonchev–Trinajstić information content (AvgIpc) is 2.63. The van der Waals surface area contributed by atoms with Crippen LogP contribution in [0.2, 0.25) is 0 Å². The van der Waals surface area contributed by atoms with Crippen molar-refractivity contribution in [3.05, 3.63) is 102 Å². The van der Waals surface area contributed by atoms with E-state index in [4.69, 9.17) is 0 Å². The number of rotatable bonds is 4. The third-order valence-corrected chi connectivity index (χ3v) is 3.83. The molecule has 0 spiro atoms. The molecule has 0 aromatic heterocycles. The highest BCUT2D eigenvalue weighted by Crippen LogP contribution is 2.22. The molecule has 1 amide bonds. The van der Waals surface area contributed by atoms with Crippen LogP contribution >= 0.6 is 0 Å². The zero-order valence-electron chi connectivity index (χ0n) is 13.6. The SMILES string of the molecule is Cc1ccccc1NC(=O)/C(=C\c1ccccc1)c1ccccc1. The zero-order chi connectivity index (χ0) is 16.8. The van der Waals surface area contributed by atoms with Gasteiger partial charge in [0.1, 0.15) is 0 Å². The van der Waals surface area contributed by atoms with Gasteiger partial charge in [-0.1, -0.05) is 78.9 Å². The number of anilines is 1. The van der Waals surface area contributed by atoms with Gasteiger partial charge < -0.3 is 5.32 Å². The van der Waals surface area contributed by atoms with Crippen molar-refractivity contribution >= 4 is 23.2 Å². The zero-order valence-corrected chi connectivity index (χ0v) is 13.6. The molecule has 0 aliphatic rings. The molecule has 0 fully saturated rings. The molecule has 0 aliphatic heterocycles. The fourth-order valence-electron chi connectivity index (χ4n) is 2.52. The first-order chi connectivity index (χ1) is 11.7. The third-order valence-electron chi connectivity index (χ3n) is 3.83. The lowest BCUT2D eigenvalue weighted by atomic mass is 10.0. The maximum atomic E-state index is 12.9. The van der Waals surface area contributed by atoms with E-state index < -0.39 is 0 Å². The van der Waals surface area contributed by atoms with E-state index in [0.717, 1.165) is 22.4 Å². The van der Waals surface area contributed by atoms with Gasteiger partial charge in [-0.2, -0.15) is 0 Å². The topological polar surface area (TPSA) is 29.1 Å². The first kappa shape index (κ1) is 15.8. The summed E-state index contributed by atoms with van der Waals surface area (Å²) in [6, 6.07) is 27.4. The Morgan fingerprint density at radius 2 is 1.38 bits per heavy atom. The maximum absolute atomic E-state index is 12.9. The van der Waals surface area contributed by atoms with Crippen LogP contribution < -0.4 is 5.32 Å². The van der Waals surface area contributed by atoms with Crippen LogP contribution in [-0.2, 0) is 4.79 Å². The van der Waals surface area contributed by atoms with Crippen LogP contribution in [0.3, 0.4) is 0 Å². The first-order valence-electron chi connectivity index (χ1n) is 7.93. The van der Waals surface area contributed by atoms with Crippen LogP contribution in [0, 0.1) is 6.92 Å². The molecule has 0 saturated carbocycles. The molecular formula is C22H19NO. The van der Waals surface area contributed by atoms with E-state index in [1.807, 2.05) is 97.9 Å². The minimum atomic E-state index is -0.112. The molecule has 2 heteroatoms. The van der Waals surface area contributed by atoms with E-state index in [1.165, 1.54) is 0 Å². The molecule has 0 bridgehead atoms. The van der Waals surface area contributed by atoms with Crippen LogP contribution in [-0.4, -0.2) is 5.91 Å². The lowest BCUT2D eigenvalue weighted by Crippen LogP contribution is -2.14. The van der Waals surface area contributed by atoms with Crippen LogP contribution in [0.4, 0.5) is 5.69 Å². The standard InChI is InChI=1S/C22H19NO/c1-17-10-8-9-15-21(17)23-22(24)20(19-13-6-3-7-14-19)16-18-11-4-2-5-12-18/h2-16H,1H3,(H,23,24)/b20-16-. The lowest BCUT2D eigenvalue weighted by molar-refractivity contribution is -0.111. The van der Waals surface area contributed by atoms with Gasteiger partial charge in [0.15, 0.2) is 0 Å². The molecule has 0 saturated heterocycles. The quantitative estimate of drug-likeness (QED) is 0.522. The summed E-state index contributed by atoms with van der Waals surface area (Å²) in [7, 11) is 0. The molecule has 0 unspecified atom stereocenters. The number of aryl methyl sites for hydroxylation is 1. The Balaban J connectivity index is 1.97. The predicted octanol–water partition coefficient (Wildman–Crippen LogP) is 5.17. The van der Waals surface area contributed by atoms with Crippen molar-refractivity contribution in [3.8, 4) is 0 Å². The predicted molar refractivity (Wildman–Crippen MR) is 101 cm³/mol. The van der Waals surface area contributed by atoms with E-state index in [9.17, 15) is 4.79 Å². The van der Waals surface area contributed by atoms with Crippen molar-refractivity contribution < 1.29 is 4.79 Å². The number of amides is 1. The molecule has 0 radical (unpaired) electrons. The number of carbonyl (C=O) groups excluding carboxylic acids is 1. The molecule has 0 aliphatic carbocycles. The maximum Gasteiger partial charge on any atom is 0.256 e. The summed E-state index contributed by atoms with van der Waals surface area (Å²) < 4.78 is 0. The number of para-hydroxylation sites is 1. The molecule has 3 aromatic rings. The molecule has 24 heavy (non-hydrogen) atoms. The van der Waals surface area contributed by atoms with Gasteiger partial charge in [0.25, 0.3) is 5.91 Å². The molecule has 0 atom stereocenters. The van der Waals surface area contributed by atoms with Gasteiger partial charge in [-0.05, 0) is 35.8 Å². The first-order valence-corrected chi connectivity index (χ1v) is 7.93. The highest BCUT2D eigenvalue weighted by molar-refractivity contribution is 6.29. The second-order valence-corrected chi connectivity index (χ2v) is 5.60. The van der Waals surface area contributed by atoms with Crippen LogP contribution in [0.25, 0.3) is 11.6 Å². The second kappa shape index (κ2) is 7.42. The summed E-state index contributed by atoms with van der Waals surface area (Å²) in [6.45, 7) is 1.98. The molecule has 0 heterocycles. The largest absolute Gasteiger partial charge is 0.322 e. The summed E-state index contributed by atoms with van der Waals surface area (Å²) in [4.78, 5) is 12.9. The Kier molecular flexibility index (Phi) is 4.87. The fourth-order valence-corrected chi connectivity index (χ4v) is 2.52. The Bertz CT molecular complexity index is 851. The van der Waals surface area contributed by atoms with E-state index in [1.54, 1.807) is 0 Å². The van der Waals surface area contributed by atoms with Gasteiger partial charge in [0, 0.05) is 11.3 Å². The Hall–Kier alpha value is -3.13. The minimum absolute atomic E-state index is 0.112. The molecule has 3 aromatic carbocycles. The number of hydrogen-bond acceptors (Lipinski definition) is 1. The van der Waals surface area contributed by atoms with E-state index in [-0.39, 0.29) is 5.91 Å². The molecule has 1 N–H and O–H groups in total. The van der Waals surface area contributed by atoms with Gasteiger partial charge in [0.2, 0.25) is 0 Å². The van der Waals surface area contributed by atoms with Gasteiger partial charge >= 0.3 is 0 Å². The van der Waals surface area contributed by atoms with Crippen LogP contribution in [0.15, 0.2) is 84.9 Å². The summed E-state index contributed by atoms with van der Waals surface area (Å²) >= 11 is 0. The molecular weight excluding hydrogens is 294 g/mol. The highest BCUT2D eigenvalue weighted by Gasteiger charge is 2.13. The number of nitrogens with one attached hydrogen (secondary N) is 1. The van der Waals surface area contributed by atoms with E-state index in [0.29, 0.717) is 5.57 Å². The van der Waals surface area contributed by atoms with Crippen molar-refractivity contribution in [1.29, 1.82) is 0 Å². The lowest BCUT2D eigenvalue weighted by Gasteiger charge is -2.11. The molecule has 2 nitrogen and oxygen atoms in total. The number of carbonyl (C=O) groups is 1. The van der Waals surface area contributed by atoms with Crippen molar-refractivity contribution in [2.75, 3.05) is 5.32 Å². The summed E-state index contributed by atoms with van der Waals surface area (Å²) in [5.41, 5.74) is 4.41. The van der Waals surface area contributed by atoms with Crippen molar-refractivity contribution in [2.24, 2.45) is 0 Å². The Morgan fingerprint density at radius 3 is 2.04 bits per heavy atom. The van der Waals surface area contributed by atoms with Gasteiger partial charge in [0.05, 0.1) is 0 Å². The van der Waals surface area contributed by atoms with Crippen molar-refractivity contribution in [1.82, 2.24) is 0 Å².